The van der Waals surface area contributed by atoms with E-state index in [1.54, 1.807) is 12.4 Å². The van der Waals surface area contributed by atoms with Crippen molar-refractivity contribution >= 4 is 23.1 Å². The highest BCUT2D eigenvalue weighted by Gasteiger charge is 2.30. The average molecular weight is 393 g/mol. The third-order valence-corrected chi connectivity index (χ3v) is 6.18. The summed E-state index contributed by atoms with van der Waals surface area (Å²) in [4.78, 5) is 24.8. The predicted molar refractivity (Wildman–Crippen MR) is 107 cm³/mol. The van der Waals surface area contributed by atoms with E-state index in [1.165, 1.54) is 11.3 Å². The van der Waals surface area contributed by atoms with Crippen LogP contribution in [0.15, 0.2) is 48.8 Å². The summed E-state index contributed by atoms with van der Waals surface area (Å²) in [5.74, 6) is 2.12. The second kappa shape index (κ2) is 7.24. The van der Waals surface area contributed by atoms with Crippen molar-refractivity contribution in [2.75, 3.05) is 11.7 Å². The van der Waals surface area contributed by atoms with Crippen molar-refractivity contribution < 1.29 is 14.3 Å². The highest BCUT2D eigenvalue weighted by atomic mass is 32.1. The molecule has 1 aromatic carbocycles. The Bertz CT molecular complexity index is 999. The lowest BCUT2D eigenvalue weighted by Crippen LogP contribution is -2.39. The Morgan fingerprint density at radius 3 is 2.75 bits per heavy atom. The number of hydrogen-bond acceptors (Lipinski definition) is 6. The second-order valence-electron chi connectivity index (χ2n) is 6.90. The summed E-state index contributed by atoms with van der Waals surface area (Å²) in [6, 6.07) is 11.6. The van der Waals surface area contributed by atoms with Crippen LogP contribution in [0, 0.1) is 0 Å². The van der Waals surface area contributed by atoms with Gasteiger partial charge < -0.3 is 9.47 Å². The Balaban J connectivity index is 1.45. The van der Waals surface area contributed by atoms with Gasteiger partial charge >= 0.3 is 0 Å². The summed E-state index contributed by atoms with van der Waals surface area (Å²) in [5, 5.41) is 0.786. The fourth-order valence-electron chi connectivity index (χ4n) is 3.77. The maximum atomic E-state index is 13.4. The number of pyridine rings is 1. The molecule has 28 heavy (non-hydrogen) atoms. The molecular formula is C21H19N3O3S. The van der Waals surface area contributed by atoms with Crippen LogP contribution >= 0.6 is 11.3 Å². The van der Waals surface area contributed by atoms with E-state index in [-0.39, 0.29) is 18.7 Å². The molecule has 3 heterocycles. The molecule has 7 heteroatoms. The number of thiazole rings is 1. The lowest BCUT2D eigenvalue weighted by molar-refractivity contribution is 0.0979. The normalized spacial score (nSPS) is 15.7. The molecule has 2 aromatic heterocycles. The molecule has 0 N–H and O–H groups in total. The van der Waals surface area contributed by atoms with Crippen LogP contribution in [0.2, 0.25) is 0 Å². The monoisotopic (exact) mass is 393 g/mol. The number of amides is 1. The molecule has 0 atom stereocenters. The van der Waals surface area contributed by atoms with E-state index >= 15 is 0 Å². The molecule has 0 radical (unpaired) electrons. The van der Waals surface area contributed by atoms with Crippen molar-refractivity contribution in [1.82, 2.24) is 9.97 Å². The molecule has 1 fully saturated rings. The average Bonchev–Trinajstić information content (AvgIpc) is 3.49. The number of anilines is 1. The quantitative estimate of drug-likeness (QED) is 0.652. The van der Waals surface area contributed by atoms with Crippen LogP contribution in [0.25, 0.3) is 10.6 Å². The first kappa shape index (κ1) is 17.2. The van der Waals surface area contributed by atoms with Gasteiger partial charge in [0.1, 0.15) is 15.7 Å². The number of aromatic nitrogens is 2. The summed E-state index contributed by atoms with van der Waals surface area (Å²) >= 11 is 1.39. The first-order chi connectivity index (χ1) is 13.8. The van der Waals surface area contributed by atoms with Gasteiger partial charge in [-0.3, -0.25) is 9.69 Å². The zero-order chi connectivity index (χ0) is 18.9. The van der Waals surface area contributed by atoms with Crippen LogP contribution in [0.3, 0.4) is 0 Å². The Labute approximate surface area is 166 Å². The van der Waals surface area contributed by atoms with Gasteiger partial charge in [0, 0.05) is 17.8 Å². The smallest absolute Gasteiger partial charge is 0.271 e. The van der Waals surface area contributed by atoms with E-state index in [2.05, 4.69) is 9.97 Å². The number of hydrogen-bond donors (Lipinski definition) is 0. The summed E-state index contributed by atoms with van der Waals surface area (Å²) in [5.41, 5.74) is 0.915. The first-order valence-corrected chi connectivity index (χ1v) is 10.2. The van der Waals surface area contributed by atoms with Gasteiger partial charge in [0.15, 0.2) is 11.5 Å². The summed E-state index contributed by atoms with van der Waals surface area (Å²) in [7, 11) is 0. The van der Waals surface area contributed by atoms with Gasteiger partial charge in [0.25, 0.3) is 5.91 Å². The second-order valence-corrected chi connectivity index (χ2v) is 7.93. The molecular weight excluding hydrogens is 374 g/mol. The molecule has 0 bridgehead atoms. The molecule has 2 aliphatic rings. The highest BCUT2D eigenvalue weighted by molar-refractivity contribution is 7.17. The number of fused-ring (bicyclic) bond motifs is 1. The van der Waals surface area contributed by atoms with Crippen molar-refractivity contribution in [3.63, 3.8) is 0 Å². The van der Waals surface area contributed by atoms with Crippen molar-refractivity contribution in [3.05, 3.63) is 53.7 Å². The van der Waals surface area contributed by atoms with Crippen LogP contribution in [-0.4, -0.2) is 28.7 Å². The summed E-state index contributed by atoms with van der Waals surface area (Å²) in [6.07, 6.45) is 7.71. The van der Waals surface area contributed by atoms with E-state index in [0.717, 1.165) is 42.0 Å². The number of carbonyl (C=O) groups is 1. The third-order valence-electron chi connectivity index (χ3n) is 5.14. The van der Waals surface area contributed by atoms with Crippen LogP contribution in [0.5, 0.6) is 11.5 Å². The van der Waals surface area contributed by atoms with Crippen molar-refractivity contribution in [2.24, 2.45) is 0 Å². The molecule has 0 spiro atoms. The maximum Gasteiger partial charge on any atom is 0.271 e. The van der Waals surface area contributed by atoms with Gasteiger partial charge in [-0.25, -0.2) is 9.97 Å². The molecule has 5 rings (SSSR count). The minimum absolute atomic E-state index is 0.0323. The molecule has 0 unspecified atom stereocenters. The van der Waals surface area contributed by atoms with Gasteiger partial charge in [-0.1, -0.05) is 18.9 Å². The maximum absolute atomic E-state index is 13.4. The predicted octanol–water partition coefficient (Wildman–Crippen LogP) is 4.52. The van der Waals surface area contributed by atoms with Gasteiger partial charge in [-0.05, 0) is 43.2 Å². The molecule has 1 aliphatic carbocycles. The SMILES string of the molecule is O=C(c1cnc(-c2ccc3c(c2)OCO3)s1)N(c1ccccn1)C1CCCC1. The Morgan fingerprint density at radius 1 is 1.07 bits per heavy atom. The highest BCUT2D eigenvalue weighted by Crippen LogP contribution is 2.37. The molecule has 142 valence electrons. The van der Waals surface area contributed by atoms with Crippen molar-refractivity contribution in [1.29, 1.82) is 0 Å². The van der Waals surface area contributed by atoms with E-state index < -0.39 is 0 Å². The third kappa shape index (κ3) is 3.11. The largest absolute Gasteiger partial charge is 0.454 e. The standard InChI is InChI=1S/C21H19N3O3S/c25-21(24(15-5-1-2-6-15)19-7-3-4-10-22-19)18-12-23-20(28-18)14-8-9-16-17(11-14)27-13-26-16/h3-4,7-12,15H,1-2,5-6,13H2. The molecule has 3 aromatic rings. The van der Waals surface area contributed by atoms with Crippen LogP contribution in [-0.2, 0) is 0 Å². The minimum atomic E-state index is -0.0323. The lowest BCUT2D eigenvalue weighted by Gasteiger charge is -2.27. The van der Waals surface area contributed by atoms with Crippen molar-refractivity contribution in [2.45, 2.75) is 31.7 Å². The summed E-state index contributed by atoms with van der Waals surface area (Å²) in [6.45, 7) is 0.237. The zero-order valence-corrected chi connectivity index (χ0v) is 16.0. The molecule has 6 nitrogen and oxygen atoms in total. The van der Waals surface area contributed by atoms with Crippen LogP contribution in [0.1, 0.15) is 35.4 Å². The number of rotatable bonds is 4. The number of nitrogens with zero attached hydrogens (tertiary/aromatic N) is 3. The fraction of sp³-hybridized carbons (Fsp3) is 0.286. The Kier molecular flexibility index (Phi) is 4.44. The van der Waals surface area contributed by atoms with Gasteiger partial charge in [-0.2, -0.15) is 0 Å². The molecule has 1 amide bonds. The van der Waals surface area contributed by atoms with Crippen LogP contribution < -0.4 is 14.4 Å². The molecule has 0 saturated heterocycles. The minimum Gasteiger partial charge on any atom is -0.454 e. The van der Waals surface area contributed by atoms with Gasteiger partial charge in [0.2, 0.25) is 6.79 Å². The number of benzene rings is 1. The lowest BCUT2D eigenvalue weighted by atomic mass is 10.2. The molecule has 1 saturated carbocycles. The van der Waals surface area contributed by atoms with Crippen molar-refractivity contribution in [3.8, 4) is 22.1 Å². The van der Waals surface area contributed by atoms with E-state index in [1.807, 2.05) is 41.3 Å². The number of carbonyl (C=O) groups excluding carboxylic acids is 1. The van der Waals surface area contributed by atoms with E-state index in [9.17, 15) is 4.79 Å². The zero-order valence-electron chi connectivity index (χ0n) is 15.2. The topological polar surface area (TPSA) is 64.6 Å². The van der Waals surface area contributed by atoms with E-state index in [0.29, 0.717) is 16.4 Å². The summed E-state index contributed by atoms with van der Waals surface area (Å²) < 4.78 is 10.8. The van der Waals surface area contributed by atoms with E-state index in [4.69, 9.17) is 9.47 Å². The van der Waals surface area contributed by atoms with Crippen LogP contribution in [0.4, 0.5) is 5.82 Å². The Morgan fingerprint density at radius 2 is 1.93 bits per heavy atom. The fourth-order valence-corrected chi connectivity index (χ4v) is 4.62. The Hall–Kier alpha value is -2.93. The first-order valence-electron chi connectivity index (χ1n) is 9.40. The van der Waals surface area contributed by atoms with Gasteiger partial charge in [0.05, 0.1) is 6.20 Å². The number of ether oxygens (including phenoxy) is 2. The molecule has 1 aliphatic heterocycles. The van der Waals surface area contributed by atoms with Gasteiger partial charge in [-0.15, -0.1) is 11.3 Å².